The summed E-state index contributed by atoms with van der Waals surface area (Å²) in [4.78, 5) is 17.2. The highest BCUT2D eigenvalue weighted by Crippen LogP contribution is 2.55. The lowest BCUT2D eigenvalue weighted by atomic mass is 9.53. The Morgan fingerprint density at radius 2 is 1.83 bits per heavy atom. The molecule has 2 aromatic heterocycles. The summed E-state index contributed by atoms with van der Waals surface area (Å²) >= 11 is 6.01. The van der Waals surface area contributed by atoms with E-state index in [0.717, 1.165) is 29.1 Å². The molecule has 4 aliphatic carbocycles. The average molecular weight is 344 g/mol. The van der Waals surface area contributed by atoms with Crippen molar-refractivity contribution in [1.82, 2.24) is 14.7 Å². The van der Waals surface area contributed by atoms with Gasteiger partial charge in [0.2, 0.25) is 5.91 Å². The Balaban J connectivity index is 1.31. The third-order valence-corrected chi connectivity index (χ3v) is 6.47. The molecular weight excluding hydrogens is 322 g/mol. The summed E-state index contributed by atoms with van der Waals surface area (Å²) in [7, 11) is 0. The van der Waals surface area contributed by atoms with Crippen molar-refractivity contribution in [2.75, 3.05) is 0 Å². The van der Waals surface area contributed by atoms with Crippen molar-refractivity contribution < 1.29 is 4.79 Å². The van der Waals surface area contributed by atoms with Crippen LogP contribution in [-0.2, 0) is 11.2 Å². The van der Waals surface area contributed by atoms with E-state index in [1.165, 1.54) is 38.5 Å². The fourth-order valence-electron chi connectivity index (χ4n) is 5.87. The third-order valence-electron chi connectivity index (χ3n) is 6.25. The molecule has 2 aromatic rings. The summed E-state index contributed by atoms with van der Waals surface area (Å²) in [6.45, 7) is 0. The fraction of sp³-hybridized carbons (Fsp3) is 0.579. The molecule has 1 amide bonds. The first kappa shape index (κ1) is 14.8. The SMILES string of the molecule is O=C(Cc1cn2cc(Cl)ccc2n1)NC12CC3CC(CC(C3)C1)C2. The topological polar surface area (TPSA) is 46.4 Å². The van der Waals surface area contributed by atoms with Crippen LogP contribution in [0.1, 0.15) is 44.2 Å². The lowest BCUT2D eigenvalue weighted by Gasteiger charge is -2.56. The summed E-state index contributed by atoms with van der Waals surface area (Å²) in [6, 6.07) is 3.70. The average Bonchev–Trinajstić information content (AvgIpc) is 2.85. The van der Waals surface area contributed by atoms with Gasteiger partial charge in [0.25, 0.3) is 0 Å². The minimum Gasteiger partial charge on any atom is -0.350 e. The van der Waals surface area contributed by atoms with Crippen molar-refractivity contribution in [3.8, 4) is 0 Å². The van der Waals surface area contributed by atoms with E-state index >= 15 is 0 Å². The van der Waals surface area contributed by atoms with Crippen LogP contribution in [0.4, 0.5) is 0 Å². The number of pyridine rings is 1. The number of hydrogen-bond donors (Lipinski definition) is 1. The number of aromatic nitrogens is 2. The number of carbonyl (C=O) groups excluding carboxylic acids is 1. The standard InChI is InChI=1S/C19H22ClN3O/c20-15-1-2-17-21-16(11-23(17)10-15)6-18(24)22-19-7-12-3-13(8-19)5-14(4-12)9-19/h1-2,10-14H,3-9H2,(H,22,24). The Bertz CT molecular complexity index is 777. The number of halogens is 1. The van der Waals surface area contributed by atoms with Gasteiger partial charge in [-0.1, -0.05) is 11.6 Å². The number of amides is 1. The molecule has 126 valence electrons. The van der Waals surface area contributed by atoms with Crippen molar-refractivity contribution in [3.63, 3.8) is 0 Å². The molecule has 4 nitrogen and oxygen atoms in total. The molecule has 2 heterocycles. The van der Waals surface area contributed by atoms with Gasteiger partial charge >= 0.3 is 0 Å². The van der Waals surface area contributed by atoms with E-state index in [0.29, 0.717) is 11.4 Å². The van der Waals surface area contributed by atoms with Gasteiger partial charge in [-0.3, -0.25) is 4.79 Å². The second-order valence-corrected chi connectivity index (χ2v) is 8.70. The number of nitrogens with zero attached hydrogens (tertiary/aromatic N) is 2. The number of fused-ring (bicyclic) bond motifs is 1. The summed E-state index contributed by atoms with van der Waals surface area (Å²) in [6.07, 6.45) is 11.8. The van der Waals surface area contributed by atoms with Crippen LogP contribution >= 0.6 is 11.6 Å². The van der Waals surface area contributed by atoms with Gasteiger partial charge in [-0.15, -0.1) is 0 Å². The number of hydrogen-bond acceptors (Lipinski definition) is 2. The largest absolute Gasteiger partial charge is 0.350 e. The molecule has 1 N–H and O–H groups in total. The highest BCUT2D eigenvalue weighted by molar-refractivity contribution is 6.30. The van der Waals surface area contributed by atoms with Gasteiger partial charge in [0.1, 0.15) is 5.65 Å². The molecule has 0 radical (unpaired) electrons. The van der Waals surface area contributed by atoms with Crippen molar-refractivity contribution in [3.05, 3.63) is 35.2 Å². The Labute approximate surface area is 146 Å². The molecule has 4 saturated carbocycles. The van der Waals surface area contributed by atoms with E-state index < -0.39 is 0 Å². The number of rotatable bonds is 3. The molecule has 0 aromatic carbocycles. The maximum Gasteiger partial charge on any atom is 0.226 e. The van der Waals surface area contributed by atoms with E-state index in [1.807, 2.05) is 28.9 Å². The van der Waals surface area contributed by atoms with E-state index in [4.69, 9.17) is 11.6 Å². The van der Waals surface area contributed by atoms with Gasteiger partial charge in [0.05, 0.1) is 17.1 Å². The Hall–Kier alpha value is -1.55. The maximum absolute atomic E-state index is 12.7. The van der Waals surface area contributed by atoms with Crippen molar-refractivity contribution in [1.29, 1.82) is 0 Å². The lowest BCUT2D eigenvalue weighted by Crippen LogP contribution is -2.60. The summed E-state index contributed by atoms with van der Waals surface area (Å²) < 4.78 is 1.88. The Kier molecular flexibility index (Phi) is 3.21. The second kappa shape index (κ2) is 5.22. The van der Waals surface area contributed by atoms with Gasteiger partial charge in [0.15, 0.2) is 0 Å². The zero-order valence-corrected chi connectivity index (χ0v) is 14.4. The van der Waals surface area contributed by atoms with Crippen LogP contribution in [0.3, 0.4) is 0 Å². The normalized spacial score (nSPS) is 34.0. The van der Waals surface area contributed by atoms with E-state index in [1.54, 1.807) is 0 Å². The van der Waals surface area contributed by atoms with Crippen LogP contribution in [0.25, 0.3) is 5.65 Å². The summed E-state index contributed by atoms with van der Waals surface area (Å²) in [5.74, 6) is 2.64. The first-order valence-electron chi connectivity index (χ1n) is 9.01. The minimum absolute atomic E-state index is 0.0777. The van der Waals surface area contributed by atoms with Crippen LogP contribution in [0.5, 0.6) is 0 Å². The molecule has 0 saturated heterocycles. The molecular formula is C19H22ClN3O. The highest BCUT2D eigenvalue weighted by atomic mass is 35.5. The fourth-order valence-corrected chi connectivity index (χ4v) is 6.04. The van der Waals surface area contributed by atoms with E-state index in [2.05, 4.69) is 10.3 Å². The number of imidazole rings is 1. The second-order valence-electron chi connectivity index (χ2n) is 8.27. The van der Waals surface area contributed by atoms with Crippen molar-refractivity contribution >= 4 is 23.2 Å². The molecule has 0 aliphatic heterocycles. The molecule has 5 heteroatoms. The van der Waals surface area contributed by atoms with Gasteiger partial charge in [-0.25, -0.2) is 4.98 Å². The van der Waals surface area contributed by atoms with Gasteiger partial charge in [-0.2, -0.15) is 0 Å². The quantitative estimate of drug-likeness (QED) is 0.925. The predicted molar refractivity (Wildman–Crippen MR) is 93.0 cm³/mol. The van der Waals surface area contributed by atoms with Crippen LogP contribution in [0.15, 0.2) is 24.5 Å². The highest BCUT2D eigenvalue weighted by Gasteiger charge is 2.51. The molecule has 4 fully saturated rings. The van der Waals surface area contributed by atoms with Crippen molar-refractivity contribution in [2.45, 2.75) is 50.5 Å². The molecule has 0 unspecified atom stereocenters. The van der Waals surface area contributed by atoms with Crippen LogP contribution < -0.4 is 5.32 Å². The van der Waals surface area contributed by atoms with Gasteiger partial charge < -0.3 is 9.72 Å². The zero-order chi connectivity index (χ0) is 16.3. The minimum atomic E-state index is 0.0777. The molecule has 24 heavy (non-hydrogen) atoms. The van der Waals surface area contributed by atoms with E-state index in [-0.39, 0.29) is 11.4 Å². The maximum atomic E-state index is 12.7. The first-order valence-corrected chi connectivity index (χ1v) is 9.39. The van der Waals surface area contributed by atoms with Crippen LogP contribution in [0.2, 0.25) is 5.02 Å². The van der Waals surface area contributed by atoms with Crippen molar-refractivity contribution in [2.24, 2.45) is 17.8 Å². The van der Waals surface area contributed by atoms with Crippen LogP contribution in [0, 0.1) is 17.8 Å². The van der Waals surface area contributed by atoms with Crippen LogP contribution in [-0.4, -0.2) is 20.8 Å². The van der Waals surface area contributed by atoms with Gasteiger partial charge in [0, 0.05) is 17.9 Å². The monoisotopic (exact) mass is 343 g/mol. The third kappa shape index (κ3) is 2.52. The molecule has 4 aliphatic rings. The number of carbonyl (C=O) groups is 1. The molecule has 0 spiro atoms. The predicted octanol–water partition coefficient (Wildman–Crippen LogP) is 3.62. The van der Waals surface area contributed by atoms with E-state index in [9.17, 15) is 4.79 Å². The lowest BCUT2D eigenvalue weighted by molar-refractivity contribution is -0.126. The smallest absolute Gasteiger partial charge is 0.226 e. The first-order chi connectivity index (χ1) is 11.6. The summed E-state index contributed by atoms with van der Waals surface area (Å²) in [5, 5.41) is 4.09. The number of nitrogens with one attached hydrogen (secondary N) is 1. The summed E-state index contributed by atoms with van der Waals surface area (Å²) in [5.41, 5.74) is 1.71. The Morgan fingerprint density at radius 3 is 2.50 bits per heavy atom. The molecule has 6 rings (SSSR count). The van der Waals surface area contributed by atoms with Gasteiger partial charge in [-0.05, 0) is 68.4 Å². The zero-order valence-electron chi connectivity index (χ0n) is 13.7. The Morgan fingerprint density at radius 1 is 1.17 bits per heavy atom. The molecule has 0 atom stereocenters. The molecule has 4 bridgehead atoms.